The van der Waals surface area contributed by atoms with E-state index in [1.807, 2.05) is 0 Å². The van der Waals surface area contributed by atoms with Gasteiger partial charge >= 0.3 is 0 Å². The number of non-ortho nitro benzene ring substituents is 1. The van der Waals surface area contributed by atoms with Crippen LogP contribution in [0.2, 0.25) is 0 Å². The van der Waals surface area contributed by atoms with Crippen LogP contribution in [0.3, 0.4) is 0 Å². The van der Waals surface area contributed by atoms with E-state index in [1.54, 1.807) is 12.1 Å². The van der Waals surface area contributed by atoms with Gasteiger partial charge in [0.25, 0.3) is 5.69 Å². The van der Waals surface area contributed by atoms with E-state index in [9.17, 15) is 20.2 Å². The quantitative estimate of drug-likeness (QED) is 0.425. The van der Waals surface area contributed by atoms with Gasteiger partial charge in [-0.1, -0.05) is 38.3 Å². The third kappa shape index (κ3) is 5.07. The Bertz CT molecular complexity index is 707. The summed E-state index contributed by atoms with van der Waals surface area (Å²) < 4.78 is 0. The number of hydrogen-bond acceptors (Lipinski definition) is 5. The number of amides is 1. The van der Waals surface area contributed by atoms with Crippen molar-refractivity contribution in [2.75, 3.05) is 5.75 Å². The third-order valence-electron chi connectivity index (χ3n) is 4.11. The fourth-order valence-corrected chi connectivity index (χ4v) is 3.83. The third-order valence-corrected chi connectivity index (χ3v) is 5.21. The Labute approximate surface area is 151 Å². The van der Waals surface area contributed by atoms with Gasteiger partial charge in [-0.3, -0.25) is 14.9 Å². The maximum atomic E-state index is 12.1. The van der Waals surface area contributed by atoms with Gasteiger partial charge in [0.2, 0.25) is 5.91 Å². The van der Waals surface area contributed by atoms with Crippen molar-refractivity contribution in [2.45, 2.75) is 44.9 Å². The van der Waals surface area contributed by atoms with E-state index in [0.717, 1.165) is 30.6 Å². The highest BCUT2D eigenvalue weighted by molar-refractivity contribution is 8.03. The molecule has 0 radical (unpaired) electrons. The monoisotopic (exact) mass is 359 g/mol. The van der Waals surface area contributed by atoms with Crippen molar-refractivity contribution in [2.24, 2.45) is 0 Å². The first kappa shape index (κ1) is 19.0. The lowest BCUT2D eigenvalue weighted by Crippen LogP contribution is -2.30. The fourth-order valence-electron chi connectivity index (χ4n) is 2.75. The summed E-state index contributed by atoms with van der Waals surface area (Å²) in [5, 5.41) is 23.8. The van der Waals surface area contributed by atoms with E-state index < -0.39 is 4.92 Å². The molecule has 1 N–H and O–H groups in total. The number of carbonyl (C=O) groups excluding carboxylic acids is 1. The summed E-state index contributed by atoms with van der Waals surface area (Å²) in [7, 11) is 0. The Morgan fingerprint density at radius 1 is 1.32 bits per heavy atom. The predicted octanol–water partition coefficient (Wildman–Crippen LogP) is 4.25. The highest BCUT2D eigenvalue weighted by atomic mass is 32.2. The number of allylic oxidation sites excluding steroid dienone is 1. The van der Waals surface area contributed by atoms with Gasteiger partial charge in [-0.05, 0) is 17.7 Å². The summed E-state index contributed by atoms with van der Waals surface area (Å²) in [5.41, 5.74) is 1.28. The van der Waals surface area contributed by atoms with Crippen LogP contribution in [0, 0.1) is 21.4 Å². The number of nitrogens with one attached hydrogen (secondary N) is 1. The van der Waals surface area contributed by atoms with E-state index in [2.05, 4.69) is 18.3 Å². The smallest absolute Gasteiger partial charge is 0.269 e. The van der Waals surface area contributed by atoms with Gasteiger partial charge < -0.3 is 5.32 Å². The van der Waals surface area contributed by atoms with Gasteiger partial charge in [0.15, 0.2) is 0 Å². The molecule has 6 nitrogen and oxygen atoms in total. The van der Waals surface area contributed by atoms with Crippen molar-refractivity contribution in [1.82, 2.24) is 5.32 Å². The summed E-state index contributed by atoms with van der Waals surface area (Å²) >= 11 is 1.51. The summed E-state index contributed by atoms with van der Waals surface area (Å²) in [6.07, 6.45) is 4.70. The van der Waals surface area contributed by atoms with Crippen LogP contribution in [0.15, 0.2) is 34.9 Å². The maximum Gasteiger partial charge on any atom is 0.269 e. The fraction of sp³-hybridized carbons (Fsp3) is 0.444. The van der Waals surface area contributed by atoms with Crippen molar-refractivity contribution in [1.29, 1.82) is 5.26 Å². The Morgan fingerprint density at radius 2 is 2.04 bits per heavy atom. The molecule has 1 aliphatic rings. The first-order valence-corrected chi connectivity index (χ1v) is 9.36. The number of carbonyl (C=O) groups is 1. The maximum absolute atomic E-state index is 12.1. The molecular formula is C18H21N3O3S. The molecule has 132 valence electrons. The van der Waals surface area contributed by atoms with Gasteiger partial charge in [-0.2, -0.15) is 5.26 Å². The number of rotatable bonds is 8. The van der Waals surface area contributed by atoms with Gasteiger partial charge in [0.1, 0.15) is 0 Å². The van der Waals surface area contributed by atoms with Crippen molar-refractivity contribution in [3.05, 3.63) is 50.5 Å². The number of unbranched alkanes of at least 4 members (excludes halogenated alkanes) is 3. The minimum Gasteiger partial charge on any atom is -0.320 e. The van der Waals surface area contributed by atoms with Crippen LogP contribution in [0.5, 0.6) is 0 Å². The number of hydrogen-bond donors (Lipinski definition) is 1. The Balaban J connectivity index is 2.18. The summed E-state index contributed by atoms with van der Waals surface area (Å²) in [5.74, 6) is 0.379. The molecule has 0 spiro atoms. The lowest BCUT2D eigenvalue weighted by atomic mass is 9.87. The molecule has 0 saturated heterocycles. The molecule has 0 unspecified atom stereocenters. The molecule has 1 aromatic carbocycles. The molecule has 1 amide bonds. The number of nitro benzene ring substituents is 1. The standard InChI is InChI=1S/C18H21N3O3S/c1-2-3-4-5-10-25-18-16(12-19)15(11-17(22)20-18)13-6-8-14(9-7-13)21(23)24/h6-9,15H,2-5,10-11H2,1H3,(H,20,22)/t15-/m1/s1. The first-order chi connectivity index (χ1) is 12.1. The summed E-state index contributed by atoms with van der Waals surface area (Å²) in [4.78, 5) is 22.4. The second-order valence-electron chi connectivity index (χ2n) is 5.92. The molecule has 0 fully saturated rings. The zero-order valence-corrected chi connectivity index (χ0v) is 15.0. The Kier molecular flexibility index (Phi) is 7.02. The molecule has 1 aliphatic heterocycles. The minimum absolute atomic E-state index is 0.00276. The van der Waals surface area contributed by atoms with Gasteiger partial charge in [-0.15, -0.1) is 11.8 Å². The van der Waals surface area contributed by atoms with Crippen LogP contribution >= 0.6 is 11.8 Å². The van der Waals surface area contributed by atoms with Crippen LogP contribution in [0.1, 0.15) is 50.5 Å². The molecule has 1 heterocycles. The molecule has 1 atom stereocenters. The van der Waals surface area contributed by atoms with Gasteiger partial charge in [-0.25, -0.2) is 0 Å². The Hall–Kier alpha value is -2.33. The van der Waals surface area contributed by atoms with E-state index in [0.29, 0.717) is 10.6 Å². The minimum atomic E-state index is -0.462. The molecule has 0 aromatic heterocycles. The predicted molar refractivity (Wildman–Crippen MR) is 97.8 cm³/mol. The molecule has 7 heteroatoms. The molecule has 2 rings (SSSR count). The van der Waals surface area contributed by atoms with E-state index in [4.69, 9.17) is 0 Å². The van der Waals surface area contributed by atoms with Gasteiger partial charge in [0, 0.05) is 24.5 Å². The summed E-state index contributed by atoms with van der Waals surface area (Å²) in [6, 6.07) is 8.30. The Morgan fingerprint density at radius 3 is 2.64 bits per heavy atom. The molecule has 25 heavy (non-hydrogen) atoms. The van der Waals surface area contributed by atoms with E-state index >= 15 is 0 Å². The van der Waals surface area contributed by atoms with E-state index in [1.165, 1.54) is 30.3 Å². The zero-order chi connectivity index (χ0) is 18.2. The highest BCUT2D eigenvalue weighted by Gasteiger charge is 2.29. The van der Waals surface area contributed by atoms with Crippen molar-refractivity contribution < 1.29 is 9.72 Å². The normalized spacial score (nSPS) is 17.1. The number of nitriles is 1. The lowest BCUT2D eigenvalue weighted by molar-refractivity contribution is -0.384. The number of benzene rings is 1. The molecule has 0 saturated carbocycles. The second kappa shape index (κ2) is 9.23. The van der Waals surface area contributed by atoms with Crippen molar-refractivity contribution in [3.8, 4) is 6.07 Å². The number of nitrogens with zero attached hydrogens (tertiary/aromatic N) is 2. The second-order valence-corrected chi connectivity index (χ2v) is 7.02. The zero-order valence-electron chi connectivity index (χ0n) is 14.2. The SMILES string of the molecule is CCCCCCSC1=C(C#N)[C@@H](c2ccc([N+](=O)[O-])cc2)CC(=O)N1. The number of nitro groups is 1. The molecule has 0 bridgehead atoms. The first-order valence-electron chi connectivity index (χ1n) is 8.38. The average Bonchev–Trinajstić information content (AvgIpc) is 2.61. The lowest BCUT2D eigenvalue weighted by Gasteiger charge is -2.25. The van der Waals surface area contributed by atoms with Crippen LogP contribution in [0.25, 0.3) is 0 Å². The molecule has 1 aromatic rings. The summed E-state index contributed by atoms with van der Waals surface area (Å²) in [6.45, 7) is 2.15. The number of thioether (sulfide) groups is 1. The van der Waals surface area contributed by atoms with Crippen LogP contribution < -0.4 is 5.32 Å². The van der Waals surface area contributed by atoms with Crippen LogP contribution in [-0.2, 0) is 4.79 Å². The van der Waals surface area contributed by atoms with Crippen LogP contribution in [0.4, 0.5) is 5.69 Å². The largest absolute Gasteiger partial charge is 0.320 e. The molecule has 0 aliphatic carbocycles. The average molecular weight is 359 g/mol. The van der Waals surface area contributed by atoms with Crippen LogP contribution in [-0.4, -0.2) is 16.6 Å². The van der Waals surface area contributed by atoms with Crippen molar-refractivity contribution >= 4 is 23.4 Å². The topological polar surface area (TPSA) is 96.0 Å². The van der Waals surface area contributed by atoms with Gasteiger partial charge in [0.05, 0.1) is 21.6 Å². The molecular weight excluding hydrogens is 338 g/mol. The van der Waals surface area contributed by atoms with E-state index in [-0.39, 0.29) is 23.9 Å². The van der Waals surface area contributed by atoms with Crippen molar-refractivity contribution in [3.63, 3.8) is 0 Å². The highest BCUT2D eigenvalue weighted by Crippen LogP contribution is 2.36.